The first-order chi connectivity index (χ1) is 8.16. The van der Waals surface area contributed by atoms with Crippen molar-refractivity contribution >= 4 is 5.91 Å². The Morgan fingerprint density at radius 3 is 2.71 bits per heavy atom. The summed E-state index contributed by atoms with van der Waals surface area (Å²) in [6, 6.07) is 10.0. The fourth-order valence-electron chi connectivity index (χ4n) is 2.28. The maximum Gasteiger partial charge on any atom is 0.223 e. The quantitative estimate of drug-likeness (QED) is 0.865. The van der Waals surface area contributed by atoms with Crippen LogP contribution in [0.4, 0.5) is 0 Å². The minimum Gasteiger partial charge on any atom is -0.393 e. The lowest BCUT2D eigenvalue weighted by Crippen LogP contribution is -2.40. The van der Waals surface area contributed by atoms with E-state index in [1.807, 2.05) is 35.2 Å². The minimum absolute atomic E-state index is 0.134. The molecular formula is C14H19NO2. The number of hydrogen-bond acceptors (Lipinski definition) is 2. The number of hydrogen-bond donors (Lipinski definition) is 1. The van der Waals surface area contributed by atoms with E-state index in [1.54, 1.807) is 6.92 Å². The second-order valence-electron chi connectivity index (χ2n) is 4.79. The smallest absolute Gasteiger partial charge is 0.223 e. The Morgan fingerprint density at radius 1 is 1.41 bits per heavy atom. The fraction of sp³-hybridized carbons (Fsp3) is 0.500. The van der Waals surface area contributed by atoms with Crippen molar-refractivity contribution in [3.05, 3.63) is 35.9 Å². The maximum absolute atomic E-state index is 11.9. The number of benzene rings is 1. The summed E-state index contributed by atoms with van der Waals surface area (Å²) >= 11 is 0. The van der Waals surface area contributed by atoms with Crippen LogP contribution in [0.2, 0.25) is 0 Å². The SMILES string of the molecule is CC(O)C1CCN(Cc2ccccc2)C(=O)C1. The standard InChI is InChI=1S/C14H19NO2/c1-11(16)13-7-8-15(14(17)9-13)10-12-5-3-2-4-6-12/h2-6,11,13,16H,7-10H2,1H3. The largest absolute Gasteiger partial charge is 0.393 e. The molecule has 1 aliphatic heterocycles. The molecule has 17 heavy (non-hydrogen) atoms. The third-order valence-electron chi connectivity index (χ3n) is 3.46. The number of aliphatic hydroxyl groups excluding tert-OH is 1. The molecule has 1 saturated heterocycles. The summed E-state index contributed by atoms with van der Waals surface area (Å²) in [5.74, 6) is 0.292. The second kappa shape index (κ2) is 5.32. The van der Waals surface area contributed by atoms with Gasteiger partial charge in [0.15, 0.2) is 0 Å². The third-order valence-corrected chi connectivity index (χ3v) is 3.46. The van der Waals surface area contributed by atoms with Gasteiger partial charge in [0.1, 0.15) is 0 Å². The average molecular weight is 233 g/mol. The van der Waals surface area contributed by atoms with E-state index in [-0.39, 0.29) is 17.9 Å². The number of carbonyl (C=O) groups is 1. The van der Waals surface area contributed by atoms with Gasteiger partial charge in [-0.2, -0.15) is 0 Å². The maximum atomic E-state index is 11.9. The van der Waals surface area contributed by atoms with Gasteiger partial charge in [0.05, 0.1) is 6.10 Å². The molecule has 1 aliphatic rings. The highest BCUT2D eigenvalue weighted by Crippen LogP contribution is 2.22. The van der Waals surface area contributed by atoms with Gasteiger partial charge in [0.2, 0.25) is 5.91 Å². The first-order valence-corrected chi connectivity index (χ1v) is 6.16. The number of carbonyl (C=O) groups excluding carboxylic acids is 1. The monoisotopic (exact) mass is 233 g/mol. The van der Waals surface area contributed by atoms with Crippen LogP contribution in [-0.2, 0) is 11.3 Å². The fourth-order valence-corrected chi connectivity index (χ4v) is 2.28. The summed E-state index contributed by atoms with van der Waals surface area (Å²) < 4.78 is 0. The zero-order valence-electron chi connectivity index (χ0n) is 10.2. The van der Waals surface area contributed by atoms with Crippen molar-refractivity contribution < 1.29 is 9.90 Å². The van der Waals surface area contributed by atoms with Crippen LogP contribution in [-0.4, -0.2) is 28.6 Å². The Kier molecular flexibility index (Phi) is 3.79. The highest BCUT2D eigenvalue weighted by molar-refractivity contribution is 5.77. The molecule has 1 N–H and O–H groups in total. The summed E-state index contributed by atoms with van der Waals surface area (Å²) in [7, 11) is 0. The van der Waals surface area contributed by atoms with Crippen LogP contribution in [0.15, 0.2) is 30.3 Å². The summed E-state index contributed by atoms with van der Waals surface area (Å²) in [5, 5.41) is 9.50. The Morgan fingerprint density at radius 2 is 2.12 bits per heavy atom. The Bertz CT molecular complexity index is 375. The summed E-state index contributed by atoms with van der Waals surface area (Å²) in [4.78, 5) is 13.8. The van der Waals surface area contributed by atoms with Gasteiger partial charge in [-0.3, -0.25) is 4.79 Å². The van der Waals surface area contributed by atoms with Gasteiger partial charge in [0.25, 0.3) is 0 Å². The summed E-state index contributed by atoms with van der Waals surface area (Å²) in [6.45, 7) is 3.21. The first kappa shape index (κ1) is 12.1. The number of piperidine rings is 1. The van der Waals surface area contributed by atoms with E-state index >= 15 is 0 Å². The molecule has 1 fully saturated rings. The lowest BCUT2D eigenvalue weighted by atomic mass is 9.91. The predicted molar refractivity (Wildman–Crippen MR) is 66.3 cm³/mol. The highest BCUT2D eigenvalue weighted by atomic mass is 16.3. The number of rotatable bonds is 3. The topological polar surface area (TPSA) is 40.5 Å². The summed E-state index contributed by atoms with van der Waals surface area (Å²) in [6.07, 6.45) is 0.999. The molecule has 1 amide bonds. The molecule has 0 saturated carbocycles. The van der Waals surface area contributed by atoms with Crippen molar-refractivity contribution in [3.8, 4) is 0 Å². The average Bonchev–Trinajstić information content (AvgIpc) is 2.33. The first-order valence-electron chi connectivity index (χ1n) is 6.16. The normalized spacial score (nSPS) is 22.6. The lowest BCUT2D eigenvalue weighted by molar-refractivity contribution is -0.137. The van der Waals surface area contributed by atoms with E-state index in [2.05, 4.69) is 0 Å². The van der Waals surface area contributed by atoms with Crippen LogP contribution in [0.1, 0.15) is 25.3 Å². The molecule has 3 nitrogen and oxygen atoms in total. The molecule has 2 rings (SSSR count). The van der Waals surface area contributed by atoms with Crippen molar-refractivity contribution in [3.63, 3.8) is 0 Å². The van der Waals surface area contributed by atoms with E-state index in [9.17, 15) is 9.90 Å². The van der Waals surface area contributed by atoms with Crippen molar-refractivity contribution in [2.45, 2.75) is 32.4 Å². The molecular weight excluding hydrogens is 214 g/mol. The molecule has 0 bridgehead atoms. The van der Waals surface area contributed by atoms with E-state index in [0.717, 1.165) is 18.5 Å². The van der Waals surface area contributed by atoms with Gasteiger partial charge in [0, 0.05) is 19.5 Å². The van der Waals surface area contributed by atoms with Crippen LogP contribution in [0.3, 0.4) is 0 Å². The minimum atomic E-state index is -0.377. The lowest BCUT2D eigenvalue weighted by Gasteiger charge is -2.33. The summed E-state index contributed by atoms with van der Waals surface area (Å²) in [5.41, 5.74) is 1.16. The van der Waals surface area contributed by atoms with E-state index in [1.165, 1.54) is 0 Å². The number of amides is 1. The zero-order chi connectivity index (χ0) is 12.3. The van der Waals surface area contributed by atoms with Gasteiger partial charge in [-0.1, -0.05) is 30.3 Å². The van der Waals surface area contributed by atoms with Crippen LogP contribution in [0.5, 0.6) is 0 Å². The van der Waals surface area contributed by atoms with E-state index < -0.39 is 0 Å². The zero-order valence-corrected chi connectivity index (χ0v) is 10.2. The van der Waals surface area contributed by atoms with Crippen LogP contribution >= 0.6 is 0 Å². The Labute approximate surface area is 102 Å². The van der Waals surface area contributed by atoms with Crippen molar-refractivity contribution in [1.29, 1.82) is 0 Å². The second-order valence-corrected chi connectivity index (χ2v) is 4.79. The van der Waals surface area contributed by atoms with Gasteiger partial charge >= 0.3 is 0 Å². The van der Waals surface area contributed by atoms with Gasteiger partial charge < -0.3 is 10.0 Å². The van der Waals surface area contributed by atoms with Crippen molar-refractivity contribution in [1.82, 2.24) is 4.90 Å². The molecule has 1 aromatic carbocycles. The molecule has 1 heterocycles. The number of aliphatic hydroxyl groups is 1. The molecule has 0 aliphatic carbocycles. The molecule has 0 spiro atoms. The van der Waals surface area contributed by atoms with Crippen molar-refractivity contribution in [2.24, 2.45) is 5.92 Å². The molecule has 2 atom stereocenters. The van der Waals surface area contributed by atoms with E-state index in [0.29, 0.717) is 13.0 Å². The highest BCUT2D eigenvalue weighted by Gasteiger charge is 2.28. The van der Waals surface area contributed by atoms with Gasteiger partial charge in [-0.15, -0.1) is 0 Å². The van der Waals surface area contributed by atoms with Crippen LogP contribution in [0, 0.1) is 5.92 Å². The van der Waals surface area contributed by atoms with Crippen LogP contribution in [0.25, 0.3) is 0 Å². The Balaban J connectivity index is 1.94. The molecule has 0 aromatic heterocycles. The number of nitrogens with zero attached hydrogens (tertiary/aromatic N) is 1. The number of likely N-dealkylation sites (tertiary alicyclic amines) is 1. The van der Waals surface area contributed by atoms with Gasteiger partial charge in [-0.05, 0) is 24.8 Å². The molecule has 1 aromatic rings. The molecule has 3 heteroatoms. The molecule has 0 radical (unpaired) electrons. The van der Waals surface area contributed by atoms with E-state index in [4.69, 9.17) is 0 Å². The van der Waals surface area contributed by atoms with Crippen molar-refractivity contribution in [2.75, 3.05) is 6.54 Å². The third kappa shape index (κ3) is 3.07. The van der Waals surface area contributed by atoms with Crippen LogP contribution < -0.4 is 0 Å². The molecule has 2 unspecified atom stereocenters. The predicted octanol–water partition coefficient (Wildman–Crippen LogP) is 1.81. The Hall–Kier alpha value is -1.35. The van der Waals surface area contributed by atoms with Gasteiger partial charge in [-0.25, -0.2) is 0 Å². The molecule has 92 valence electrons.